The zero-order valence-corrected chi connectivity index (χ0v) is 10.8. The van der Waals surface area contributed by atoms with E-state index in [-0.39, 0.29) is 9.79 Å². The van der Waals surface area contributed by atoms with Crippen molar-refractivity contribution in [3.05, 3.63) is 24.3 Å². The highest BCUT2D eigenvalue weighted by atomic mass is 32.3. The van der Waals surface area contributed by atoms with Gasteiger partial charge in [-0.2, -0.15) is 9.35 Å². The molecule has 0 unspecified atom stereocenters. The molecule has 0 aromatic heterocycles. The molecule has 0 fully saturated rings. The zero-order valence-electron chi connectivity index (χ0n) is 9.12. The fourth-order valence-electron chi connectivity index (χ4n) is 1.93. The lowest BCUT2D eigenvalue weighted by Crippen LogP contribution is -2.38. The molecule has 1 aromatic rings. The minimum Gasteiger partial charge on any atom is -0.298 e. The predicted octanol–water partition coefficient (Wildman–Crippen LogP) is 0.325. The smallest absolute Gasteiger partial charge is 0.187 e. The average Bonchev–Trinajstić information content (AvgIpc) is 2.19. The second kappa shape index (κ2) is 3.24. The third-order valence-electron chi connectivity index (χ3n) is 2.60. The molecule has 0 saturated heterocycles. The number of rotatable bonds is 0. The molecule has 7 heteroatoms. The van der Waals surface area contributed by atoms with E-state index < -0.39 is 36.5 Å². The monoisotopic (exact) mass is 276 g/mol. The molecule has 0 radical (unpaired) electrons. The first-order chi connectivity index (χ1) is 7.60. The van der Waals surface area contributed by atoms with E-state index >= 15 is 0 Å². The molecule has 0 bridgehead atoms. The molecule has 1 heterocycles. The Kier molecular flexibility index (Phi) is 2.37. The van der Waals surface area contributed by atoms with Crippen molar-refractivity contribution in [1.82, 2.24) is 0 Å². The first-order valence-electron chi connectivity index (χ1n) is 4.82. The van der Waals surface area contributed by atoms with E-state index in [0.29, 0.717) is 0 Å². The van der Waals surface area contributed by atoms with Crippen molar-refractivity contribution >= 4 is 25.0 Å². The Morgan fingerprint density at radius 3 is 2.53 bits per heavy atom. The van der Waals surface area contributed by atoms with E-state index in [9.17, 15) is 22.0 Å². The van der Waals surface area contributed by atoms with Crippen LogP contribution in [0.25, 0.3) is 0 Å². The molecule has 0 aliphatic carbocycles. The Morgan fingerprint density at radius 1 is 1.29 bits per heavy atom. The van der Waals surface area contributed by atoms with Gasteiger partial charge in [0.15, 0.2) is 15.6 Å². The highest BCUT2D eigenvalue weighted by molar-refractivity contribution is 8.15. The van der Waals surface area contributed by atoms with Gasteiger partial charge in [-0.3, -0.25) is 9.35 Å². The number of fused-ring (bicyclic) bond motifs is 1. The molecule has 0 spiro atoms. The van der Waals surface area contributed by atoms with Gasteiger partial charge in [-0.15, -0.1) is 0 Å². The summed E-state index contributed by atoms with van der Waals surface area (Å²) in [6.45, 7) is 0. The Morgan fingerprint density at radius 2 is 1.88 bits per heavy atom. The lowest BCUT2D eigenvalue weighted by atomic mass is 10.4. The molecule has 1 aliphatic rings. The summed E-state index contributed by atoms with van der Waals surface area (Å²) < 4.78 is 46.3. The minimum absolute atomic E-state index is 0.157. The van der Waals surface area contributed by atoms with Crippen molar-refractivity contribution < 1.29 is 22.0 Å². The molecule has 2 rings (SSSR count). The number of Topliss-reactive ketones (excluding diaryl/α,β-unsaturated/α-hetero) is 1. The number of hydrogen-bond acceptors (Lipinski definition) is 4. The third-order valence-corrected chi connectivity index (χ3v) is 6.94. The topological polar surface area (TPSA) is 88.5 Å². The Hall–Kier alpha value is -1.05. The van der Waals surface area contributed by atoms with Crippen LogP contribution < -0.4 is 0 Å². The van der Waals surface area contributed by atoms with Crippen LogP contribution in [0.1, 0.15) is 0 Å². The Balaban J connectivity index is 2.91. The number of benzene rings is 1. The zero-order chi connectivity index (χ0) is 12.9. The number of sulfone groups is 1. The van der Waals surface area contributed by atoms with Crippen LogP contribution in [0, 0.1) is 0 Å². The third kappa shape index (κ3) is 2.05. The summed E-state index contributed by atoms with van der Waals surface area (Å²) >= 11 is 0. The Labute approximate surface area is 99.0 Å². The van der Waals surface area contributed by atoms with Gasteiger partial charge in [0.25, 0.3) is 0 Å². The summed E-state index contributed by atoms with van der Waals surface area (Å²) in [6.07, 6.45) is 1.04. The second-order valence-corrected chi connectivity index (χ2v) is 10.0. The highest BCUT2D eigenvalue weighted by Gasteiger charge is 2.39. The second-order valence-electron chi connectivity index (χ2n) is 4.37. The van der Waals surface area contributed by atoms with Gasteiger partial charge in [-0.1, -0.05) is 12.1 Å². The highest BCUT2D eigenvalue weighted by Crippen LogP contribution is 2.37. The SMILES string of the molecule is CS1(=O)(O)CC(=O)CS(=O)(=O)c2ccccc21. The summed E-state index contributed by atoms with van der Waals surface area (Å²) in [7, 11) is -8.22. The molecule has 1 aliphatic heterocycles. The maximum Gasteiger partial charge on any atom is 0.187 e. The fourth-order valence-corrected chi connectivity index (χ4v) is 6.45. The largest absolute Gasteiger partial charge is 0.298 e. The maximum absolute atomic E-state index is 12.4. The summed E-state index contributed by atoms with van der Waals surface area (Å²) in [4.78, 5) is 11.1. The maximum atomic E-state index is 12.4. The van der Waals surface area contributed by atoms with Crippen LogP contribution in [0.2, 0.25) is 0 Å². The molecule has 17 heavy (non-hydrogen) atoms. The number of ketones is 1. The van der Waals surface area contributed by atoms with Gasteiger partial charge in [-0.25, -0.2) is 12.6 Å². The predicted molar refractivity (Wildman–Crippen MR) is 63.3 cm³/mol. The average molecular weight is 276 g/mol. The van der Waals surface area contributed by atoms with Crippen molar-refractivity contribution in [3.8, 4) is 0 Å². The van der Waals surface area contributed by atoms with Crippen LogP contribution >= 0.6 is 0 Å². The van der Waals surface area contributed by atoms with Crippen LogP contribution in [-0.4, -0.2) is 40.7 Å². The van der Waals surface area contributed by atoms with Gasteiger partial charge < -0.3 is 0 Å². The van der Waals surface area contributed by atoms with Gasteiger partial charge in [-0.05, 0) is 12.1 Å². The summed E-state index contributed by atoms with van der Waals surface area (Å²) in [5.41, 5.74) is 0. The van der Waals surface area contributed by atoms with E-state index in [1.165, 1.54) is 24.3 Å². The van der Waals surface area contributed by atoms with Gasteiger partial charge in [0, 0.05) is 6.26 Å². The number of carbonyl (C=O) groups is 1. The number of hydrogen-bond donors (Lipinski definition) is 1. The summed E-state index contributed by atoms with van der Waals surface area (Å²) in [6, 6.07) is 5.50. The summed E-state index contributed by atoms with van der Waals surface area (Å²) in [5, 5.41) is 0. The minimum atomic E-state index is -4.40. The molecule has 1 aromatic carbocycles. The molecule has 0 amide bonds. The van der Waals surface area contributed by atoms with Crippen LogP contribution in [0.5, 0.6) is 0 Å². The van der Waals surface area contributed by atoms with E-state index in [1.807, 2.05) is 0 Å². The molecule has 0 saturated carbocycles. The van der Waals surface area contributed by atoms with E-state index in [1.54, 1.807) is 0 Å². The van der Waals surface area contributed by atoms with Crippen molar-refractivity contribution in [2.45, 2.75) is 9.79 Å². The molecular weight excluding hydrogens is 264 g/mol. The van der Waals surface area contributed by atoms with Crippen LogP contribution in [0.15, 0.2) is 34.1 Å². The van der Waals surface area contributed by atoms with Crippen molar-refractivity contribution in [1.29, 1.82) is 0 Å². The van der Waals surface area contributed by atoms with Gasteiger partial charge >= 0.3 is 0 Å². The molecule has 1 N–H and O–H groups in total. The molecule has 5 nitrogen and oxygen atoms in total. The molecule has 0 atom stereocenters. The molecule has 94 valence electrons. The number of carbonyl (C=O) groups excluding carboxylic acids is 1. The first kappa shape index (κ1) is 12.4. The van der Waals surface area contributed by atoms with E-state index in [2.05, 4.69) is 0 Å². The van der Waals surface area contributed by atoms with Gasteiger partial charge in [0.05, 0.1) is 15.5 Å². The normalized spacial score (nSPS) is 27.2. The molecular formula is C10H12O5S2. The summed E-state index contributed by atoms with van der Waals surface area (Å²) in [5.74, 6) is -2.09. The lowest BCUT2D eigenvalue weighted by Gasteiger charge is -2.37. The fraction of sp³-hybridized carbons (Fsp3) is 0.300. The van der Waals surface area contributed by atoms with E-state index in [0.717, 1.165) is 6.26 Å². The van der Waals surface area contributed by atoms with Crippen molar-refractivity contribution in [2.24, 2.45) is 0 Å². The quantitative estimate of drug-likeness (QED) is 0.737. The lowest BCUT2D eigenvalue weighted by molar-refractivity contribution is -0.114. The van der Waals surface area contributed by atoms with Crippen molar-refractivity contribution in [2.75, 3.05) is 17.8 Å². The van der Waals surface area contributed by atoms with E-state index in [4.69, 9.17) is 0 Å². The van der Waals surface area contributed by atoms with Crippen molar-refractivity contribution in [3.63, 3.8) is 0 Å². The Bertz CT molecular complexity index is 666. The standard InChI is InChI=1S/C10H12O5S2/c1-17(14,15)7-8(11)6-16(12,13)9-4-2-3-5-10(9)17/h2-5H,6-7H2,1H3,(H,14,15). The van der Waals surface area contributed by atoms with Crippen LogP contribution in [0.3, 0.4) is 0 Å². The van der Waals surface area contributed by atoms with Gasteiger partial charge in [0.2, 0.25) is 0 Å². The first-order valence-corrected chi connectivity index (χ1v) is 8.97. The van der Waals surface area contributed by atoms with Crippen LogP contribution in [0.4, 0.5) is 0 Å². The van der Waals surface area contributed by atoms with Crippen LogP contribution in [-0.2, 0) is 24.0 Å². The van der Waals surface area contributed by atoms with Gasteiger partial charge in [0.1, 0.15) is 5.75 Å².